The molecule has 4 heteroatoms. The first-order valence-corrected chi connectivity index (χ1v) is 8.35. The quantitative estimate of drug-likeness (QED) is 0.762. The number of hydrogen-bond donors (Lipinski definition) is 1. The Labute approximate surface area is 140 Å². The maximum Gasteiger partial charge on any atom is 0.271 e. The van der Waals surface area contributed by atoms with E-state index in [2.05, 4.69) is 10.3 Å². The molecule has 0 saturated heterocycles. The fourth-order valence-corrected chi connectivity index (χ4v) is 3.32. The van der Waals surface area contributed by atoms with Gasteiger partial charge in [-0.15, -0.1) is 11.3 Å². The summed E-state index contributed by atoms with van der Waals surface area (Å²) in [5.74, 6) is -0.128. The number of thiazole rings is 1. The first kappa shape index (κ1) is 15.4. The predicted molar refractivity (Wildman–Crippen MR) is 94.6 cm³/mol. The molecule has 23 heavy (non-hydrogen) atoms. The number of amides is 1. The molecule has 3 rings (SSSR count). The first-order chi connectivity index (χ1) is 11.1. The van der Waals surface area contributed by atoms with Crippen molar-refractivity contribution in [2.75, 3.05) is 0 Å². The van der Waals surface area contributed by atoms with Gasteiger partial charge in [0.05, 0.1) is 6.04 Å². The van der Waals surface area contributed by atoms with Crippen LogP contribution in [0.1, 0.15) is 33.9 Å². The van der Waals surface area contributed by atoms with Crippen molar-refractivity contribution in [3.05, 3.63) is 76.8 Å². The van der Waals surface area contributed by atoms with Crippen molar-refractivity contribution in [1.82, 2.24) is 10.3 Å². The van der Waals surface area contributed by atoms with Crippen LogP contribution >= 0.6 is 11.3 Å². The lowest BCUT2D eigenvalue weighted by molar-refractivity contribution is 0.0935. The number of benzene rings is 2. The number of aryl methyl sites for hydroxylation is 1. The Hall–Kier alpha value is -2.46. The molecule has 0 fully saturated rings. The lowest BCUT2D eigenvalue weighted by Gasteiger charge is -2.13. The molecule has 0 aliphatic heterocycles. The summed E-state index contributed by atoms with van der Waals surface area (Å²) in [5, 5.41) is 3.90. The van der Waals surface area contributed by atoms with Crippen LogP contribution in [0.2, 0.25) is 0 Å². The topological polar surface area (TPSA) is 42.0 Å². The highest BCUT2D eigenvalue weighted by molar-refractivity contribution is 7.15. The maximum absolute atomic E-state index is 12.5. The Morgan fingerprint density at radius 3 is 2.30 bits per heavy atom. The third kappa shape index (κ3) is 3.48. The van der Waals surface area contributed by atoms with Gasteiger partial charge in [0.25, 0.3) is 5.91 Å². The van der Waals surface area contributed by atoms with E-state index in [0.29, 0.717) is 5.69 Å². The molecule has 0 bridgehead atoms. The summed E-state index contributed by atoms with van der Waals surface area (Å²) in [4.78, 5) is 18.0. The lowest BCUT2D eigenvalue weighted by atomic mass is 10.1. The van der Waals surface area contributed by atoms with E-state index in [1.54, 1.807) is 11.3 Å². The molecular formula is C19H18N2OS. The highest BCUT2D eigenvalue weighted by Crippen LogP contribution is 2.27. The van der Waals surface area contributed by atoms with Crippen LogP contribution in [0.15, 0.2) is 60.7 Å². The molecule has 1 heterocycles. The van der Waals surface area contributed by atoms with Gasteiger partial charge in [-0.2, -0.15) is 0 Å². The fourth-order valence-electron chi connectivity index (χ4n) is 2.40. The normalized spacial score (nSPS) is 11.9. The molecule has 0 radical (unpaired) electrons. The molecule has 2 aromatic carbocycles. The van der Waals surface area contributed by atoms with Gasteiger partial charge < -0.3 is 5.32 Å². The SMILES string of the molecule is Cc1sc(-c2ccccc2)nc1C(=O)NC(C)c1ccccc1. The van der Waals surface area contributed by atoms with E-state index in [1.807, 2.05) is 74.5 Å². The van der Waals surface area contributed by atoms with Gasteiger partial charge in [0.2, 0.25) is 0 Å². The Morgan fingerprint density at radius 2 is 1.65 bits per heavy atom. The number of nitrogens with zero attached hydrogens (tertiary/aromatic N) is 1. The summed E-state index contributed by atoms with van der Waals surface area (Å²) in [5.41, 5.74) is 2.63. The maximum atomic E-state index is 12.5. The minimum Gasteiger partial charge on any atom is -0.344 e. The second kappa shape index (κ2) is 6.75. The van der Waals surface area contributed by atoms with Crippen molar-refractivity contribution in [1.29, 1.82) is 0 Å². The third-order valence-corrected chi connectivity index (χ3v) is 4.70. The van der Waals surface area contributed by atoms with E-state index in [4.69, 9.17) is 0 Å². The van der Waals surface area contributed by atoms with Gasteiger partial charge >= 0.3 is 0 Å². The molecule has 1 aromatic heterocycles. The van der Waals surface area contributed by atoms with Gasteiger partial charge in [-0.05, 0) is 19.4 Å². The highest BCUT2D eigenvalue weighted by Gasteiger charge is 2.18. The second-order valence-electron chi connectivity index (χ2n) is 5.40. The Kier molecular flexibility index (Phi) is 4.53. The van der Waals surface area contributed by atoms with E-state index in [0.717, 1.165) is 21.0 Å². The summed E-state index contributed by atoms with van der Waals surface area (Å²) in [7, 11) is 0. The summed E-state index contributed by atoms with van der Waals surface area (Å²) >= 11 is 1.55. The Morgan fingerprint density at radius 1 is 1.04 bits per heavy atom. The number of rotatable bonds is 4. The molecule has 1 unspecified atom stereocenters. The average Bonchev–Trinajstić information content (AvgIpc) is 2.98. The van der Waals surface area contributed by atoms with Crippen LogP contribution in [0.25, 0.3) is 10.6 Å². The average molecular weight is 322 g/mol. The molecule has 3 aromatic rings. The minimum atomic E-state index is -0.128. The molecular weight excluding hydrogens is 304 g/mol. The Balaban J connectivity index is 1.79. The monoisotopic (exact) mass is 322 g/mol. The second-order valence-corrected chi connectivity index (χ2v) is 6.60. The van der Waals surface area contributed by atoms with Crippen molar-refractivity contribution in [2.45, 2.75) is 19.9 Å². The fraction of sp³-hybridized carbons (Fsp3) is 0.158. The molecule has 0 aliphatic rings. The summed E-state index contributed by atoms with van der Waals surface area (Å²) < 4.78 is 0. The zero-order valence-electron chi connectivity index (χ0n) is 13.1. The van der Waals surface area contributed by atoms with Gasteiger partial charge in [0, 0.05) is 10.4 Å². The van der Waals surface area contributed by atoms with Crippen LogP contribution in [0.3, 0.4) is 0 Å². The first-order valence-electron chi connectivity index (χ1n) is 7.54. The van der Waals surface area contributed by atoms with E-state index in [9.17, 15) is 4.79 Å². The Bertz CT molecular complexity index is 797. The predicted octanol–water partition coefficient (Wildman–Crippen LogP) is 4.61. The van der Waals surface area contributed by atoms with E-state index in [-0.39, 0.29) is 11.9 Å². The molecule has 0 saturated carbocycles. The molecule has 0 aliphatic carbocycles. The number of hydrogen-bond acceptors (Lipinski definition) is 3. The minimum absolute atomic E-state index is 0.0509. The van der Waals surface area contributed by atoms with Gasteiger partial charge in [-0.25, -0.2) is 4.98 Å². The van der Waals surface area contributed by atoms with Gasteiger partial charge in [-0.3, -0.25) is 4.79 Å². The van der Waals surface area contributed by atoms with Crippen LogP contribution in [0, 0.1) is 6.92 Å². The van der Waals surface area contributed by atoms with E-state index in [1.165, 1.54) is 0 Å². The number of aromatic nitrogens is 1. The van der Waals surface area contributed by atoms with Crippen molar-refractivity contribution in [3.63, 3.8) is 0 Å². The summed E-state index contributed by atoms with van der Waals surface area (Å²) in [6, 6.07) is 19.8. The zero-order chi connectivity index (χ0) is 16.2. The summed E-state index contributed by atoms with van der Waals surface area (Å²) in [6.07, 6.45) is 0. The molecule has 0 spiro atoms. The molecule has 1 amide bonds. The standard InChI is InChI=1S/C19H18N2OS/c1-13(15-9-5-3-6-10-15)20-18(22)17-14(2)23-19(21-17)16-11-7-4-8-12-16/h3-13H,1-2H3,(H,20,22). The third-order valence-electron chi connectivity index (χ3n) is 3.68. The highest BCUT2D eigenvalue weighted by atomic mass is 32.1. The molecule has 1 atom stereocenters. The van der Waals surface area contributed by atoms with Crippen LogP contribution in [0.5, 0.6) is 0 Å². The van der Waals surface area contributed by atoms with Crippen LogP contribution in [0.4, 0.5) is 0 Å². The lowest BCUT2D eigenvalue weighted by Crippen LogP contribution is -2.27. The van der Waals surface area contributed by atoms with Crippen LogP contribution in [-0.2, 0) is 0 Å². The van der Waals surface area contributed by atoms with Gasteiger partial charge in [0.15, 0.2) is 0 Å². The van der Waals surface area contributed by atoms with Crippen LogP contribution in [-0.4, -0.2) is 10.9 Å². The van der Waals surface area contributed by atoms with Gasteiger partial charge in [0.1, 0.15) is 10.7 Å². The van der Waals surface area contributed by atoms with Crippen LogP contribution < -0.4 is 5.32 Å². The molecule has 1 N–H and O–H groups in total. The molecule has 3 nitrogen and oxygen atoms in total. The smallest absolute Gasteiger partial charge is 0.271 e. The number of carbonyl (C=O) groups is 1. The number of nitrogens with one attached hydrogen (secondary N) is 1. The van der Waals surface area contributed by atoms with Crippen molar-refractivity contribution in [3.8, 4) is 10.6 Å². The summed E-state index contributed by atoms with van der Waals surface area (Å²) in [6.45, 7) is 3.92. The van der Waals surface area contributed by atoms with Crippen molar-refractivity contribution < 1.29 is 4.79 Å². The van der Waals surface area contributed by atoms with Crippen molar-refractivity contribution in [2.24, 2.45) is 0 Å². The zero-order valence-corrected chi connectivity index (χ0v) is 13.9. The molecule has 116 valence electrons. The van der Waals surface area contributed by atoms with Crippen molar-refractivity contribution >= 4 is 17.2 Å². The number of carbonyl (C=O) groups excluding carboxylic acids is 1. The van der Waals surface area contributed by atoms with Gasteiger partial charge in [-0.1, -0.05) is 60.7 Å². The van der Waals surface area contributed by atoms with E-state index >= 15 is 0 Å². The largest absolute Gasteiger partial charge is 0.344 e. The van der Waals surface area contributed by atoms with E-state index < -0.39 is 0 Å².